The highest BCUT2D eigenvalue weighted by atomic mass is 19.4. The lowest BCUT2D eigenvalue weighted by molar-refractivity contribution is -0.169. The van der Waals surface area contributed by atoms with E-state index in [0.29, 0.717) is 0 Å². The topological polar surface area (TPSA) is 101 Å². The van der Waals surface area contributed by atoms with Gasteiger partial charge in [-0.05, 0) is 0 Å². The van der Waals surface area contributed by atoms with Crippen molar-refractivity contribution in [2.24, 2.45) is 5.73 Å². The molecular formula is C3H4F3NO4. The van der Waals surface area contributed by atoms with E-state index in [9.17, 15) is 13.2 Å². The third kappa shape index (κ3) is 17.7. The average molecular weight is 175 g/mol. The Morgan fingerprint density at radius 2 is 1.27 bits per heavy atom. The van der Waals surface area contributed by atoms with E-state index >= 15 is 0 Å². The zero-order chi connectivity index (χ0) is 9.65. The zero-order valence-corrected chi connectivity index (χ0v) is 4.92. The van der Waals surface area contributed by atoms with Gasteiger partial charge in [0.1, 0.15) is 0 Å². The molecule has 0 unspecified atom stereocenters. The Kier molecular flexibility index (Phi) is 4.85. The largest absolute Gasteiger partial charge is 0.503 e. The van der Waals surface area contributed by atoms with E-state index in [2.05, 4.69) is 5.73 Å². The van der Waals surface area contributed by atoms with Crippen LogP contribution in [0.4, 0.5) is 18.0 Å². The van der Waals surface area contributed by atoms with Gasteiger partial charge in [0.05, 0.1) is 0 Å². The molecule has 0 aliphatic heterocycles. The lowest BCUT2D eigenvalue weighted by atomic mass is 10.6. The highest BCUT2D eigenvalue weighted by Gasteiger charge is 2.35. The van der Waals surface area contributed by atoms with Crippen molar-refractivity contribution < 1.29 is 33.0 Å². The van der Waals surface area contributed by atoms with Crippen LogP contribution in [0.3, 0.4) is 0 Å². The summed E-state index contributed by atoms with van der Waals surface area (Å²) in [4.78, 5) is 17.7. The molecule has 0 bridgehead atoms. The smallest absolute Gasteiger partial charge is 0.450 e. The number of amides is 1. The van der Waals surface area contributed by atoms with E-state index in [-0.39, 0.29) is 0 Å². The van der Waals surface area contributed by atoms with Gasteiger partial charge >= 0.3 is 18.2 Å². The van der Waals surface area contributed by atoms with E-state index in [1.807, 2.05) is 0 Å². The van der Waals surface area contributed by atoms with Gasteiger partial charge in [-0.25, -0.2) is 4.79 Å². The van der Waals surface area contributed by atoms with Crippen molar-refractivity contribution in [3.8, 4) is 0 Å². The number of halogens is 3. The maximum absolute atomic E-state index is 10.7. The van der Waals surface area contributed by atoms with Crippen LogP contribution in [0.5, 0.6) is 0 Å². The lowest BCUT2D eigenvalue weighted by Gasteiger charge is -1.95. The predicted octanol–water partition coefficient (Wildman–Crippen LogP) is 0.256. The summed E-state index contributed by atoms with van der Waals surface area (Å²) in [5.74, 6) is -2.26. The van der Waals surface area contributed by atoms with Crippen molar-refractivity contribution in [3.05, 3.63) is 0 Å². The predicted molar refractivity (Wildman–Crippen MR) is 25.9 cm³/mol. The number of primary amides is 1. The summed E-state index contributed by atoms with van der Waals surface area (Å²) in [5, 5.41) is 13.9. The van der Waals surface area contributed by atoms with Gasteiger partial charge in [0.15, 0.2) is 0 Å². The minimum atomic E-state index is -4.86. The summed E-state index contributed by atoms with van der Waals surface area (Å²) in [6.45, 7) is 0. The van der Waals surface area contributed by atoms with Crippen molar-refractivity contribution in [1.82, 2.24) is 0 Å². The first-order chi connectivity index (χ1) is 4.68. The Labute approximate surface area is 58.2 Å². The molecule has 0 aliphatic rings. The summed E-state index contributed by atoms with van der Waals surface area (Å²) >= 11 is 0. The number of carbonyl (C=O) groups is 2. The van der Waals surface area contributed by atoms with Gasteiger partial charge < -0.3 is 15.9 Å². The first-order valence-electron chi connectivity index (χ1n) is 1.96. The zero-order valence-electron chi connectivity index (χ0n) is 4.92. The molecule has 0 aromatic rings. The van der Waals surface area contributed by atoms with Crippen LogP contribution in [-0.2, 0) is 4.79 Å². The fourth-order valence-electron chi connectivity index (χ4n) is 0. The maximum Gasteiger partial charge on any atom is 0.503 e. The third-order valence-corrected chi connectivity index (χ3v) is 0.279. The normalized spacial score (nSPS) is 9.36. The highest BCUT2D eigenvalue weighted by Crippen LogP contribution is 2.11. The van der Waals surface area contributed by atoms with Crippen LogP contribution in [-0.4, -0.2) is 28.5 Å². The minimum absolute atomic E-state index is 1.83. The third-order valence-electron chi connectivity index (χ3n) is 0.279. The van der Waals surface area contributed by atoms with E-state index < -0.39 is 18.2 Å². The minimum Gasteiger partial charge on any atom is -0.450 e. The number of rotatable bonds is 0. The van der Waals surface area contributed by atoms with Crippen LogP contribution in [0.1, 0.15) is 0 Å². The van der Waals surface area contributed by atoms with Crippen molar-refractivity contribution >= 4 is 12.1 Å². The van der Waals surface area contributed by atoms with Gasteiger partial charge in [-0.1, -0.05) is 0 Å². The van der Waals surface area contributed by atoms with Gasteiger partial charge in [0.2, 0.25) is 0 Å². The van der Waals surface area contributed by atoms with Crippen molar-refractivity contribution in [2.75, 3.05) is 0 Å². The van der Waals surface area contributed by atoms with Gasteiger partial charge in [-0.15, -0.1) is 0 Å². The van der Waals surface area contributed by atoms with Gasteiger partial charge in [0, 0.05) is 0 Å². The molecule has 66 valence electrons. The fraction of sp³-hybridized carbons (Fsp3) is 0.333. The van der Waals surface area contributed by atoms with E-state index in [4.69, 9.17) is 19.8 Å². The number of nitrogens with two attached hydrogens (primary N) is 1. The van der Waals surface area contributed by atoms with Crippen molar-refractivity contribution in [2.45, 2.75) is 6.18 Å². The quantitative estimate of drug-likeness (QED) is 0.491. The lowest BCUT2D eigenvalue weighted by Crippen LogP contribution is -2.30. The fourth-order valence-corrected chi connectivity index (χ4v) is 0. The van der Waals surface area contributed by atoms with Crippen LogP contribution >= 0.6 is 0 Å². The number of hydrogen-bond acceptors (Lipinski definition) is 2. The molecule has 0 saturated heterocycles. The molecule has 0 radical (unpaired) electrons. The average Bonchev–Trinajstić information content (AvgIpc) is 1.59. The molecule has 0 aromatic heterocycles. The molecule has 4 N–H and O–H groups in total. The molecule has 5 nitrogen and oxygen atoms in total. The molecule has 0 heterocycles. The SMILES string of the molecule is NC(=O)C(F)(F)F.O=C(O)O. The standard InChI is InChI=1S/C2H2F3NO.CH2O3/c3-2(4,5)1(6)7;2-1(3)4/h(H2,6,7);(H2,2,3,4). The van der Waals surface area contributed by atoms with Gasteiger partial charge in [-0.3, -0.25) is 4.79 Å². The summed E-state index contributed by atoms with van der Waals surface area (Å²) in [7, 11) is 0. The molecule has 1 amide bonds. The molecule has 11 heavy (non-hydrogen) atoms. The Morgan fingerprint density at radius 1 is 1.18 bits per heavy atom. The molecule has 8 heteroatoms. The summed E-state index contributed by atoms with van der Waals surface area (Å²) in [5.41, 5.74) is 3.81. The second-order valence-electron chi connectivity index (χ2n) is 1.14. The second-order valence-corrected chi connectivity index (χ2v) is 1.14. The van der Waals surface area contributed by atoms with Crippen molar-refractivity contribution in [1.29, 1.82) is 0 Å². The summed E-state index contributed by atoms with van der Waals surface area (Å²) in [6.07, 6.45) is -6.69. The summed E-state index contributed by atoms with van der Waals surface area (Å²) in [6, 6.07) is 0. The van der Waals surface area contributed by atoms with E-state index in [0.717, 1.165) is 0 Å². The number of carboxylic acid groups (broad SMARTS) is 2. The molecule has 0 spiro atoms. The van der Waals surface area contributed by atoms with Crippen LogP contribution in [0.15, 0.2) is 0 Å². The Morgan fingerprint density at radius 3 is 1.27 bits per heavy atom. The van der Waals surface area contributed by atoms with Gasteiger partial charge in [0.25, 0.3) is 0 Å². The Hall–Kier alpha value is -1.47. The molecule has 0 saturated carbocycles. The second kappa shape index (κ2) is 4.36. The molecule has 0 fully saturated rings. The number of hydrogen-bond donors (Lipinski definition) is 3. The van der Waals surface area contributed by atoms with Crippen molar-refractivity contribution in [3.63, 3.8) is 0 Å². The number of alkyl halides is 3. The van der Waals surface area contributed by atoms with Crippen LogP contribution < -0.4 is 5.73 Å². The molecule has 0 aromatic carbocycles. The molecular weight excluding hydrogens is 171 g/mol. The number of carbonyl (C=O) groups excluding carboxylic acids is 1. The molecule has 0 atom stereocenters. The monoisotopic (exact) mass is 175 g/mol. The highest BCUT2D eigenvalue weighted by molar-refractivity contribution is 5.79. The van der Waals surface area contributed by atoms with Crippen LogP contribution in [0, 0.1) is 0 Å². The van der Waals surface area contributed by atoms with Gasteiger partial charge in [-0.2, -0.15) is 13.2 Å². The summed E-state index contributed by atoms with van der Waals surface area (Å²) < 4.78 is 32.1. The van der Waals surface area contributed by atoms with Crippen LogP contribution in [0.2, 0.25) is 0 Å². The maximum atomic E-state index is 10.7. The molecule has 0 aliphatic carbocycles. The first kappa shape index (κ1) is 12.2. The Bertz CT molecular complexity index is 149. The van der Waals surface area contributed by atoms with Crippen LogP contribution in [0.25, 0.3) is 0 Å². The molecule has 0 rings (SSSR count). The first-order valence-corrected chi connectivity index (χ1v) is 1.96. The van der Waals surface area contributed by atoms with E-state index in [1.54, 1.807) is 0 Å². The van der Waals surface area contributed by atoms with E-state index in [1.165, 1.54) is 0 Å². The Balaban J connectivity index is 0.